The first kappa shape index (κ1) is 22.3. The molecule has 0 unspecified atom stereocenters. The first-order valence-electron chi connectivity index (χ1n) is 10.5. The van der Waals surface area contributed by atoms with Gasteiger partial charge in [0.2, 0.25) is 0 Å². The Bertz CT molecular complexity index is 810. The number of aliphatic imine (C=N–C) groups is 1. The molecule has 0 atom stereocenters. The molecule has 0 bridgehead atoms. The number of guanidine groups is 1. The Balaban J connectivity index is 1.29. The first-order valence-corrected chi connectivity index (χ1v) is 10.5. The van der Waals surface area contributed by atoms with Crippen LogP contribution in [0.25, 0.3) is 5.65 Å². The van der Waals surface area contributed by atoms with Gasteiger partial charge in [-0.15, -0.1) is 10.2 Å². The van der Waals surface area contributed by atoms with Crippen LogP contribution in [0.3, 0.4) is 0 Å². The van der Waals surface area contributed by atoms with Crippen LogP contribution >= 0.6 is 0 Å². The fraction of sp³-hybridized carbons (Fsp3) is 0.650. The molecule has 7 nitrogen and oxygen atoms in total. The highest BCUT2D eigenvalue weighted by atomic mass is 19.4. The summed E-state index contributed by atoms with van der Waals surface area (Å²) in [4.78, 5) is 5.74. The van der Waals surface area contributed by atoms with Gasteiger partial charge in [-0.25, -0.2) is 0 Å². The third kappa shape index (κ3) is 6.86. The average molecular weight is 426 g/mol. The highest BCUT2D eigenvalue weighted by molar-refractivity contribution is 5.79. The monoisotopic (exact) mass is 425 g/mol. The number of pyridine rings is 1. The second kappa shape index (κ2) is 10.6. The number of nitrogens with one attached hydrogen (secondary N) is 2. The van der Waals surface area contributed by atoms with E-state index in [9.17, 15) is 13.2 Å². The number of halogens is 3. The molecule has 1 fully saturated rings. The lowest BCUT2D eigenvalue weighted by atomic mass is 9.93. The van der Waals surface area contributed by atoms with Gasteiger partial charge in [0.15, 0.2) is 11.6 Å². The highest BCUT2D eigenvalue weighted by Crippen LogP contribution is 2.23. The number of likely N-dealkylation sites (tertiary alicyclic amines) is 1. The summed E-state index contributed by atoms with van der Waals surface area (Å²) in [7, 11) is 1.73. The molecule has 1 aliphatic rings. The molecule has 166 valence electrons. The minimum atomic E-state index is -4.10. The molecule has 0 saturated carbocycles. The smallest absolute Gasteiger partial charge is 0.356 e. The van der Waals surface area contributed by atoms with Crippen molar-refractivity contribution in [2.45, 2.75) is 38.3 Å². The number of hydrogen-bond donors (Lipinski definition) is 2. The molecular weight excluding hydrogens is 395 g/mol. The van der Waals surface area contributed by atoms with Gasteiger partial charge in [0.05, 0.1) is 6.54 Å². The van der Waals surface area contributed by atoms with Crippen LogP contribution in [0.1, 0.15) is 31.5 Å². The predicted molar refractivity (Wildman–Crippen MR) is 111 cm³/mol. The zero-order chi connectivity index (χ0) is 21.4. The molecule has 0 radical (unpaired) electrons. The average Bonchev–Trinajstić information content (AvgIpc) is 3.13. The zero-order valence-corrected chi connectivity index (χ0v) is 17.3. The second-order valence-electron chi connectivity index (χ2n) is 7.70. The van der Waals surface area contributed by atoms with Crippen molar-refractivity contribution in [3.05, 3.63) is 30.2 Å². The van der Waals surface area contributed by atoms with E-state index in [0.29, 0.717) is 19.0 Å². The van der Waals surface area contributed by atoms with Crippen molar-refractivity contribution in [2.75, 3.05) is 39.8 Å². The molecule has 3 rings (SSSR count). The van der Waals surface area contributed by atoms with Gasteiger partial charge in [-0.3, -0.25) is 14.3 Å². The Hall–Kier alpha value is -2.36. The van der Waals surface area contributed by atoms with Gasteiger partial charge < -0.3 is 10.6 Å². The van der Waals surface area contributed by atoms with Crippen LogP contribution in [-0.4, -0.2) is 71.4 Å². The van der Waals surface area contributed by atoms with E-state index in [4.69, 9.17) is 0 Å². The second-order valence-corrected chi connectivity index (χ2v) is 7.70. The van der Waals surface area contributed by atoms with Crippen molar-refractivity contribution in [1.82, 2.24) is 30.1 Å². The SMILES string of the molecule is CN=C(NCCCc1nnc2ccccn12)NCCC1CCN(CC(F)(F)F)CC1. The van der Waals surface area contributed by atoms with Crippen molar-refractivity contribution >= 4 is 11.6 Å². The lowest BCUT2D eigenvalue weighted by Crippen LogP contribution is -2.41. The van der Waals surface area contributed by atoms with E-state index in [1.807, 2.05) is 28.8 Å². The minimum absolute atomic E-state index is 0.460. The summed E-state index contributed by atoms with van der Waals surface area (Å²) >= 11 is 0. The summed E-state index contributed by atoms with van der Waals surface area (Å²) in [5, 5.41) is 15.0. The summed E-state index contributed by atoms with van der Waals surface area (Å²) in [6.45, 7) is 1.78. The number of aryl methyl sites for hydroxylation is 1. The van der Waals surface area contributed by atoms with Gasteiger partial charge in [0.25, 0.3) is 0 Å². The number of aromatic nitrogens is 3. The van der Waals surface area contributed by atoms with Crippen molar-refractivity contribution in [3.63, 3.8) is 0 Å². The van der Waals surface area contributed by atoms with Gasteiger partial charge in [-0.1, -0.05) is 6.07 Å². The van der Waals surface area contributed by atoms with Crippen LogP contribution < -0.4 is 10.6 Å². The van der Waals surface area contributed by atoms with Crippen LogP contribution in [0.5, 0.6) is 0 Å². The van der Waals surface area contributed by atoms with Crippen LogP contribution in [0.15, 0.2) is 29.4 Å². The minimum Gasteiger partial charge on any atom is -0.356 e. The normalized spacial score (nSPS) is 16.9. The largest absolute Gasteiger partial charge is 0.401 e. The van der Waals surface area contributed by atoms with Crippen molar-refractivity contribution in [3.8, 4) is 0 Å². The van der Waals surface area contributed by atoms with Crippen molar-refractivity contribution in [2.24, 2.45) is 10.9 Å². The fourth-order valence-electron chi connectivity index (χ4n) is 3.82. The van der Waals surface area contributed by atoms with Crippen molar-refractivity contribution in [1.29, 1.82) is 0 Å². The van der Waals surface area contributed by atoms with Gasteiger partial charge in [-0.2, -0.15) is 13.2 Å². The predicted octanol–water partition coefficient (Wildman–Crippen LogP) is 2.49. The molecular formula is C20H30F3N7. The molecule has 0 amide bonds. The summed E-state index contributed by atoms with van der Waals surface area (Å²) in [5.74, 6) is 2.14. The molecule has 2 aromatic rings. The molecule has 1 aliphatic heterocycles. The van der Waals surface area contributed by atoms with Crippen LogP contribution in [0, 0.1) is 5.92 Å². The summed E-state index contributed by atoms with van der Waals surface area (Å²) < 4.78 is 39.4. The standard InChI is InChI=1S/C20H30F3N7/c1-24-19(25-10-4-6-18-28-27-17-5-2-3-12-30(17)18)26-11-7-16-8-13-29(14-9-16)15-20(21,22)23/h2-3,5,12,16H,4,6-11,13-15H2,1H3,(H2,24,25,26). The molecule has 2 N–H and O–H groups in total. The van der Waals surface area contributed by atoms with Crippen LogP contribution in [0.2, 0.25) is 0 Å². The van der Waals surface area contributed by atoms with Gasteiger partial charge in [0, 0.05) is 32.8 Å². The third-order valence-corrected chi connectivity index (χ3v) is 5.43. The Kier molecular flexibility index (Phi) is 7.89. The Morgan fingerprint density at radius 3 is 2.67 bits per heavy atom. The Morgan fingerprint density at radius 1 is 1.17 bits per heavy atom. The maximum Gasteiger partial charge on any atom is 0.401 e. The van der Waals surface area contributed by atoms with Crippen molar-refractivity contribution < 1.29 is 13.2 Å². The maximum absolute atomic E-state index is 12.5. The Labute approximate surface area is 174 Å². The molecule has 30 heavy (non-hydrogen) atoms. The molecule has 10 heteroatoms. The molecule has 0 spiro atoms. The molecule has 2 aromatic heterocycles. The van der Waals surface area contributed by atoms with E-state index in [0.717, 1.165) is 62.6 Å². The van der Waals surface area contributed by atoms with Gasteiger partial charge >= 0.3 is 6.18 Å². The zero-order valence-electron chi connectivity index (χ0n) is 17.3. The Morgan fingerprint density at radius 2 is 1.93 bits per heavy atom. The van der Waals surface area contributed by atoms with Gasteiger partial charge in [0.1, 0.15) is 5.82 Å². The third-order valence-electron chi connectivity index (χ3n) is 5.43. The number of rotatable bonds is 8. The van der Waals surface area contributed by atoms with E-state index in [-0.39, 0.29) is 0 Å². The summed E-state index contributed by atoms with van der Waals surface area (Å²) in [6, 6.07) is 5.83. The summed E-state index contributed by atoms with van der Waals surface area (Å²) in [5.41, 5.74) is 0.849. The lowest BCUT2D eigenvalue weighted by Gasteiger charge is -2.32. The van der Waals surface area contributed by atoms with Gasteiger partial charge in [-0.05, 0) is 56.8 Å². The topological polar surface area (TPSA) is 69.8 Å². The van der Waals surface area contributed by atoms with E-state index >= 15 is 0 Å². The van der Waals surface area contributed by atoms with E-state index in [2.05, 4.69) is 25.8 Å². The number of nitrogens with zero attached hydrogens (tertiary/aromatic N) is 5. The number of alkyl halides is 3. The fourth-order valence-corrected chi connectivity index (χ4v) is 3.82. The van der Waals surface area contributed by atoms with Crippen LogP contribution in [-0.2, 0) is 6.42 Å². The quantitative estimate of drug-likeness (QED) is 0.386. The molecule has 0 aromatic carbocycles. The summed E-state index contributed by atoms with van der Waals surface area (Å²) in [6.07, 6.45) is 2.14. The number of piperidine rings is 1. The molecule has 3 heterocycles. The van der Waals surface area contributed by atoms with E-state index in [1.165, 1.54) is 4.90 Å². The number of fused-ring (bicyclic) bond motifs is 1. The lowest BCUT2D eigenvalue weighted by molar-refractivity contribution is -0.148. The van der Waals surface area contributed by atoms with Crippen LogP contribution in [0.4, 0.5) is 13.2 Å². The maximum atomic E-state index is 12.5. The first-order chi connectivity index (χ1) is 14.4. The molecule has 1 saturated heterocycles. The van der Waals surface area contributed by atoms with E-state index < -0.39 is 12.7 Å². The number of hydrogen-bond acceptors (Lipinski definition) is 4. The van der Waals surface area contributed by atoms with E-state index in [1.54, 1.807) is 7.05 Å². The highest BCUT2D eigenvalue weighted by Gasteiger charge is 2.32. The molecule has 0 aliphatic carbocycles.